The van der Waals surface area contributed by atoms with E-state index in [1.54, 1.807) is 36.4 Å². The standard InChI is InChI=1S/C22H19N5O2/c1-13-6-7-14(22(29)26-16-8-9-16)10-19(13)27-21(24)18(12-25-27)20(28)17-5-3-2-4-15(17)11-23/h2-7,10,12,16H,8-9,24H2,1H3,(H,26,29). The van der Waals surface area contributed by atoms with E-state index in [4.69, 9.17) is 5.73 Å². The predicted octanol–water partition coefficient (Wildman–Crippen LogP) is 2.76. The first kappa shape index (κ1) is 18.4. The summed E-state index contributed by atoms with van der Waals surface area (Å²) in [6.07, 6.45) is 3.40. The highest BCUT2D eigenvalue weighted by atomic mass is 16.1. The third-order valence-electron chi connectivity index (χ3n) is 4.96. The van der Waals surface area contributed by atoms with Crippen LogP contribution in [0.2, 0.25) is 0 Å². The van der Waals surface area contributed by atoms with Crippen molar-refractivity contribution in [2.45, 2.75) is 25.8 Å². The lowest BCUT2D eigenvalue weighted by Gasteiger charge is -2.11. The summed E-state index contributed by atoms with van der Waals surface area (Å²) in [6, 6.07) is 14.1. The number of ketones is 1. The first-order chi connectivity index (χ1) is 14.0. The molecular weight excluding hydrogens is 366 g/mol. The van der Waals surface area contributed by atoms with Crippen LogP contribution in [-0.4, -0.2) is 27.5 Å². The number of rotatable bonds is 5. The zero-order chi connectivity index (χ0) is 20.5. The molecule has 0 atom stereocenters. The molecule has 0 unspecified atom stereocenters. The average molecular weight is 385 g/mol. The average Bonchev–Trinajstić information content (AvgIpc) is 3.47. The van der Waals surface area contributed by atoms with E-state index in [0.29, 0.717) is 11.3 Å². The largest absolute Gasteiger partial charge is 0.383 e. The van der Waals surface area contributed by atoms with Gasteiger partial charge in [-0.05, 0) is 49.6 Å². The number of anilines is 1. The van der Waals surface area contributed by atoms with Crippen molar-refractivity contribution in [3.05, 3.63) is 76.5 Å². The molecule has 7 nitrogen and oxygen atoms in total. The molecule has 144 valence electrons. The first-order valence-electron chi connectivity index (χ1n) is 9.29. The van der Waals surface area contributed by atoms with Crippen molar-refractivity contribution < 1.29 is 9.59 Å². The summed E-state index contributed by atoms with van der Waals surface area (Å²) in [4.78, 5) is 25.3. The van der Waals surface area contributed by atoms with Gasteiger partial charge in [-0.15, -0.1) is 0 Å². The second-order valence-corrected chi connectivity index (χ2v) is 7.09. The van der Waals surface area contributed by atoms with Crippen molar-refractivity contribution in [3.63, 3.8) is 0 Å². The van der Waals surface area contributed by atoms with Gasteiger partial charge < -0.3 is 11.1 Å². The molecule has 1 amide bonds. The Morgan fingerprint density at radius 1 is 1.21 bits per heavy atom. The van der Waals surface area contributed by atoms with E-state index < -0.39 is 0 Å². The predicted molar refractivity (Wildman–Crippen MR) is 108 cm³/mol. The number of carbonyl (C=O) groups excluding carboxylic acids is 2. The Morgan fingerprint density at radius 2 is 1.97 bits per heavy atom. The molecule has 1 aliphatic carbocycles. The minimum atomic E-state index is -0.369. The SMILES string of the molecule is Cc1ccc(C(=O)NC2CC2)cc1-n1ncc(C(=O)c2ccccc2C#N)c1N. The van der Waals surface area contributed by atoms with E-state index in [9.17, 15) is 14.9 Å². The van der Waals surface area contributed by atoms with Crippen LogP contribution in [0, 0.1) is 18.3 Å². The van der Waals surface area contributed by atoms with Gasteiger partial charge in [0.1, 0.15) is 5.82 Å². The Kier molecular flexibility index (Phi) is 4.61. The third kappa shape index (κ3) is 3.48. The summed E-state index contributed by atoms with van der Waals surface area (Å²) in [5.41, 5.74) is 9.00. The van der Waals surface area contributed by atoms with Gasteiger partial charge in [0, 0.05) is 17.2 Å². The van der Waals surface area contributed by atoms with Gasteiger partial charge in [0.2, 0.25) is 0 Å². The summed E-state index contributed by atoms with van der Waals surface area (Å²) in [6.45, 7) is 1.88. The quantitative estimate of drug-likeness (QED) is 0.656. The molecule has 3 aromatic rings. The van der Waals surface area contributed by atoms with Gasteiger partial charge in [0.05, 0.1) is 29.1 Å². The highest BCUT2D eigenvalue weighted by Gasteiger charge is 2.25. The van der Waals surface area contributed by atoms with Gasteiger partial charge in [-0.25, -0.2) is 4.68 Å². The molecule has 29 heavy (non-hydrogen) atoms. The van der Waals surface area contributed by atoms with Gasteiger partial charge in [0.25, 0.3) is 5.91 Å². The number of nitrogens with two attached hydrogens (primary N) is 1. The number of nitriles is 1. The van der Waals surface area contributed by atoms with Crippen LogP contribution in [0.5, 0.6) is 0 Å². The maximum atomic E-state index is 12.9. The molecule has 4 rings (SSSR count). The second-order valence-electron chi connectivity index (χ2n) is 7.09. The molecule has 1 fully saturated rings. The summed E-state index contributed by atoms with van der Waals surface area (Å²) in [7, 11) is 0. The molecule has 0 saturated heterocycles. The fourth-order valence-corrected chi connectivity index (χ4v) is 3.12. The number of carbonyl (C=O) groups is 2. The molecule has 0 radical (unpaired) electrons. The Hall–Kier alpha value is -3.92. The molecular formula is C22H19N5O2. The molecule has 0 bridgehead atoms. The normalized spacial score (nSPS) is 13.0. The Labute approximate surface area is 167 Å². The number of nitrogen functional groups attached to an aromatic ring is 1. The summed E-state index contributed by atoms with van der Waals surface area (Å²) in [5, 5.41) is 16.5. The van der Waals surface area contributed by atoms with Crippen molar-refractivity contribution >= 4 is 17.5 Å². The van der Waals surface area contributed by atoms with Crippen LogP contribution in [0.3, 0.4) is 0 Å². The molecule has 0 aliphatic heterocycles. The van der Waals surface area contributed by atoms with Crippen LogP contribution in [-0.2, 0) is 0 Å². The first-order valence-corrected chi connectivity index (χ1v) is 9.29. The Balaban J connectivity index is 1.71. The fourth-order valence-electron chi connectivity index (χ4n) is 3.12. The molecule has 1 aliphatic rings. The van der Waals surface area contributed by atoms with Crippen LogP contribution in [0.4, 0.5) is 5.82 Å². The number of amides is 1. The molecule has 0 spiro atoms. The van der Waals surface area contributed by atoms with E-state index >= 15 is 0 Å². The lowest BCUT2D eigenvalue weighted by Crippen LogP contribution is -2.25. The number of benzene rings is 2. The van der Waals surface area contributed by atoms with Crippen LogP contribution in [0.25, 0.3) is 5.69 Å². The number of aryl methyl sites for hydroxylation is 1. The number of aromatic nitrogens is 2. The van der Waals surface area contributed by atoms with Gasteiger partial charge in [-0.1, -0.05) is 18.2 Å². The van der Waals surface area contributed by atoms with Gasteiger partial charge >= 0.3 is 0 Å². The molecule has 7 heteroatoms. The number of hydrogen-bond donors (Lipinski definition) is 2. The Bertz CT molecular complexity index is 1170. The zero-order valence-electron chi connectivity index (χ0n) is 15.8. The van der Waals surface area contributed by atoms with E-state index in [1.165, 1.54) is 10.9 Å². The topological polar surface area (TPSA) is 114 Å². The summed E-state index contributed by atoms with van der Waals surface area (Å²) in [5.74, 6) is -0.351. The van der Waals surface area contributed by atoms with Crippen molar-refractivity contribution in [1.29, 1.82) is 5.26 Å². The fraction of sp³-hybridized carbons (Fsp3) is 0.182. The highest BCUT2D eigenvalue weighted by molar-refractivity contribution is 6.13. The number of nitrogens with one attached hydrogen (secondary N) is 1. The van der Waals surface area contributed by atoms with Gasteiger partial charge in [-0.3, -0.25) is 9.59 Å². The van der Waals surface area contributed by atoms with Crippen LogP contribution < -0.4 is 11.1 Å². The third-order valence-corrected chi connectivity index (χ3v) is 4.96. The van der Waals surface area contributed by atoms with Crippen LogP contribution >= 0.6 is 0 Å². The van der Waals surface area contributed by atoms with Crippen molar-refractivity contribution in [2.24, 2.45) is 0 Å². The maximum Gasteiger partial charge on any atom is 0.251 e. The van der Waals surface area contributed by atoms with E-state index in [0.717, 1.165) is 18.4 Å². The maximum absolute atomic E-state index is 12.9. The van der Waals surface area contributed by atoms with E-state index in [-0.39, 0.29) is 40.2 Å². The summed E-state index contributed by atoms with van der Waals surface area (Å²) < 4.78 is 1.45. The molecule has 1 aromatic heterocycles. The van der Waals surface area contributed by atoms with Crippen LogP contribution in [0.1, 0.15) is 50.2 Å². The lowest BCUT2D eigenvalue weighted by molar-refractivity contribution is 0.0950. The van der Waals surface area contributed by atoms with Gasteiger partial charge in [0.15, 0.2) is 5.78 Å². The molecule has 1 saturated carbocycles. The number of hydrogen-bond acceptors (Lipinski definition) is 5. The molecule has 1 heterocycles. The highest BCUT2D eigenvalue weighted by Crippen LogP contribution is 2.25. The van der Waals surface area contributed by atoms with Crippen molar-refractivity contribution in [1.82, 2.24) is 15.1 Å². The monoisotopic (exact) mass is 385 g/mol. The smallest absolute Gasteiger partial charge is 0.251 e. The van der Waals surface area contributed by atoms with E-state index in [1.807, 2.05) is 19.1 Å². The van der Waals surface area contributed by atoms with Crippen LogP contribution in [0.15, 0.2) is 48.7 Å². The van der Waals surface area contributed by atoms with E-state index in [2.05, 4.69) is 10.4 Å². The Morgan fingerprint density at radius 3 is 2.69 bits per heavy atom. The summed E-state index contributed by atoms with van der Waals surface area (Å²) >= 11 is 0. The molecule has 2 aromatic carbocycles. The second kappa shape index (κ2) is 7.24. The van der Waals surface area contributed by atoms with Crippen molar-refractivity contribution in [3.8, 4) is 11.8 Å². The lowest BCUT2D eigenvalue weighted by atomic mass is 10.0. The molecule has 3 N–H and O–H groups in total. The number of nitrogens with zero attached hydrogens (tertiary/aromatic N) is 3. The minimum absolute atomic E-state index is 0.140. The van der Waals surface area contributed by atoms with Gasteiger partial charge in [-0.2, -0.15) is 10.4 Å². The minimum Gasteiger partial charge on any atom is -0.383 e. The van der Waals surface area contributed by atoms with Crippen molar-refractivity contribution in [2.75, 3.05) is 5.73 Å². The zero-order valence-corrected chi connectivity index (χ0v) is 15.8.